The molecule has 0 bridgehead atoms. The number of nitrogens with one attached hydrogen (secondary N) is 1. The van der Waals surface area contributed by atoms with Crippen LogP contribution < -0.4 is 10.1 Å². The predicted molar refractivity (Wildman–Crippen MR) is 101 cm³/mol. The summed E-state index contributed by atoms with van der Waals surface area (Å²) in [5.74, 6) is -0.181. The second-order valence-corrected chi connectivity index (χ2v) is 6.83. The highest BCUT2D eigenvalue weighted by atomic mass is 32.2. The van der Waals surface area contributed by atoms with Crippen LogP contribution in [0, 0.1) is 0 Å². The number of anilines is 2. The maximum Gasteiger partial charge on any atom is 0.573 e. The first kappa shape index (κ1) is 20.7. The molecule has 0 fully saturated rings. The summed E-state index contributed by atoms with van der Waals surface area (Å²) in [7, 11) is 0. The van der Waals surface area contributed by atoms with Crippen molar-refractivity contribution >= 4 is 22.7 Å². The molecule has 0 radical (unpaired) electrons. The fourth-order valence-electron chi connectivity index (χ4n) is 2.49. The van der Waals surface area contributed by atoms with Gasteiger partial charge in [0.1, 0.15) is 12.1 Å². The number of benzene rings is 2. The van der Waals surface area contributed by atoms with Crippen LogP contribution >= 0.6 is 0 Å². The fraction of sp³-hybridized carbons (Fsp3) is 0.167. The van der Waals surface area contributed by atoms with E-state index in [0.717, 1.165) is 5.56 Å². The van der Waals surface area contributed by atoms with E-state index >= 15 is 0 Å². The van der Waals surface area contributed by atoms with Crippen LogP contribution in [0.15, 0.2) is 54.9 Å². The molecule has 2 N–H and O–H groups in total. The van der Waals surface area contributed by atoms with Crippen molar-refractivity contribution in [1.29, 1.82) is 0 Å². The summed E-state index contributed by atoms with van der Waals surface area (Å²) < 4.78 is 61.7. The van der Waals surface area contributed by atoms with Gasteiger partial charge in [-0.3, -0.25) is 0 Å². The summed E-state index contributed by atoms with van der Waals surface area (Å²) in [6, 6.07) is 12.6. The van der Waals surface area contributed by atoms with E-state index in [1.807, 2.05) is 6.07 Å². The van der Waals surface area contributed by atoms with Crippen LogP contribution in [-0.2, 0) is 17.5 Å². The Kier molecular flexibility index (Phi) is 6.39. The SMILES string of the molecule is O=S(O)CCc1cccc(Nc2ncnc(-c3ccccc3OC(F)(F)F)n2)c1. The van der Waals surface area contributed by atoms with Crippen LogP contribution in [0.25, 0.3) is 11.4 Å². The maximum atomic E-state index is 12.6. The number of aromatic nitrogens is 3. The monoisotopic (exact) mass is 424 g/mol. The third-order valence-electron chi connectivity index (χ3n) is 3.67. The van der Waals surface area contributed by atoms with Crippen molar-refractivity contribution < 1.29 is 26.7 Å². The molecule has 0 aliphatic heterocycles. The predicted octanol–water partition coefficient (Wildman–Crippen LogP) is 3.95. The molecule has 1 unspecified atom stereocenters. The van der Waals surface area contributed by atoms with E-state index < -0.39 is 23.2 Å². The molecular formula is C18H15F3N4O3S. The smallest absolute Gasteiger partial charge is 0.405 e. The lowest BCUT2D eigenvalue weighted by Gasteiger charge is -2.12. The molecule has 1 atom stereocenters. The Morgan fingerprint density at radius 1 is 1.10 bits per heavy atom. The van der Waals surface area contributed by atoms with Crippen LogP contribution in [0.4, 0.5) is 24.8 Å². The zero-order valence-corrected chi connectivity index (χ0v) is 15.6. The molecular weight excluding hydrogens is 409 g/mol. The highest BCUT2D eigenvalue weighted by molar-refractivity contribution is 7.79. The molecule has 0 saturated carbocycles. The third kappa shape index (κ3) is 6.22. The maximum absolute atomic E-state index is 12.6. The molecule has 1 aromatic heterocycles. The normalized spacial score (nSPS) is 12.4. The van der Waals surface area contributed by atoms with Gasteiger partial charge in [0.05, 0.1) is 11.3 Å². The van der Waals surface area contributed by atoms with Gasteiger partial charge in [-0.25, -0.2) is 14.2 Å². The van der Waals surface area contributed by atoms with Gasteiger partial charge < -0.3 is 14.6 Å². The first-order valence-corrected chi connectivity index (χ1v) is 9.55. The minimum absolute atomic E-state index is 0.00850. The topological polar surface area (TPSA) is 97.2 Å². The minimum atomic E-state index is -4.84. The molecule has 3 rings (SSSR count). The molecule has 3 aromatic rings. The summed E-state index contributed by atoms with van der Waals surface area (Å²) in [4.78, 5) is 12.1. The zero-order chi connectivity index (χ0) is 20.9. The molecule has 7 nitrogen and oxygen atoms in total. The molecule has 0 spiro atoms. The summed E-state index contributed by atoms with van der Waals surface area (Å²) in [6.07, 6.45) is -3.26. The Labute approximate surface area is 166 Å². The van der Waals surface area contributed by atoms with E-state index in [4.69, 9.17) is 4.55 Å². The highest BCUT2D eigenvalue weighted by Crippen LogP contribution is 2.32. The van der Waals surface area contributed by atoms with Crippen molar-refractivity contribution in [2.24, 2.45) is 0 Å². The van der Waals surface area contributed by atoms with Crippen molar-refractivity contribution in [2.75, 3.05) is 11.1 Å². The van der Waals surface area contributed by atoms with Crippen LogP contribution in [0.2, 0.25) is 0 Å². The Morgan fingerprint density at radius 3 is 2.66 bits per heavy atom. The van der Waals surface area contributed by atoms with E-state index in [9.17, 15) is 17.4 Å². The number of alkyl halides is 3. The summed E-state index contributed by atoms with van der Waals surface area (Å²) >= 11 is -1.89. The van der Waals surface area contributed by atoms with E-state index in [1.165, 1.54) is 24.5 Å². The van der Waals surface area contributed by atoms with Gasteiger partial charge >= 0.3 is 6.36 Å². The fourth-order valence-corrected chi connectivity index (χ4v) is 2.90. The largest absolute Gasteiger partial charge is 0.573 e. The molecule has 2 aromatic carbocycles. The summed E-state index contributed by atoms with van der Waals surface area (Å²) in [5.41, 5.74) is 1.51. The zero-order valence-electron chi connectivity index (χ0n) is 14.8. The van der Waals surface area contributed by atoms with Crippen LogP contribution in [0.1, 0.15) is 5.56 Å². The van der Waals surface area contributed by atoms with E-state index in [-0.39, 0.29) is 23.1 Å². The average Bonchev–Trinajstić information content (AvgIpc) is 2.66. The van der Waals surface area contributed by atoms with Crippen molar-refractivity contribution in [3.8, 4) is 17.1 Å². The number of para-hydroxylation sites is 1. The first-order chi connectivity index (χ1) is 13.8. The lowest BCUT2D eigenvalue weighted by molar-refractivity contribution is -0.274. The Hall–Kier alpha value is -3.05. The van der Waals surface area contributed by atoms with Gasteiger partial charge in [-0.1, -0.05) is 24.3 Å². The van der Waals surface area contributed by atoms with Crippen molar-refractivity contribution in [2.45, 2.75) is 12.8 Å². The molecule has 1 heterocycles. The third-order valence-corrected chi connectivity index (χ3v) is 4.23. The molecule has 152 valence electrons. The van der Waals surface area contributed by atoms with E-state index in [0.29, 0.717) is 12.1 Å². The Morgan fingerprint density at radius 2 is 1.90 bits per heavy atom. The van der Waals surface area contributed by atoms with Crippen LogP contribution in [-0.4, -0.2) is 35.8 Å². The van der Waals surface area contributed by atoms with Gasteiger partial charge in [-0.2, -0.15) is 4.98 Å². The molecule has 0 saturated heterocycles. The van der Waals surface area contributed by atoms with Crippen LogP contribution in [0.5, 0.6) is 5.75 Å². The summed E-state index contributed by atoms with van der Waals surface area (Å²) in [5, 5.41) is 2.95. The van der Waals surface area contributed by atoms with Crippen LogP contribution in [0.3, 0.4) is 0 Å². The van der Waals surface area contributed by atoms with E-state index in [2.05, 4.69) is 25.0 Å². The van der Waals surface area contributed by atoms with Gasteiger partial charge in [0.2, 0.25) is 5.95 Å². The van der Waals surface area contributed by atoms with E-state index in [1.54, 1.807) is 24.3 Å². The van der Waals surface area contributed by atoms with Crippen molar-refractivity contribution in [3.63, 3.8) is 0 Å². The Balaban J connectivity index is 1.83. The number of nitrogens with zero attached hydrogens (tertiary/aromatic N) is 3. The number of halogens is 3. The van der Waals surface area contributed by atoms with Crippen molar-refractivity contribution in [1.82, 2.24) is 15.0 Å². The quantitative estimate of drug-likeness (QED) is 0.555. The number of rotatable bonds is 7. The van der Waals surface area contributed by atoms with Gasteiger partial charge in [-0.15, -0.1) is 13.2 Å². The van der Waals surface area contributed by atoms with Gasteiger partial charge in [0.15, 0.2) is 16.9 Å². The minimum Gasteiger partial charge on any atom is -0.405 e. The first-order valence-electron chi connectivity index (χ1n) is 8.28. The molecule has 29 heavy (non-hydrogen) atoms. The Bertz CT molecular complexity index is 1020. The summed E-state index contributed by atoms with van der Waals surface area (Å²) in [6.45, 7) is 0. The molecule has 0 aliphatic rings. The van der Waals surface area contributed by atoms with Gasteiger partial charge in [0, 0.05) is 5.69 Å². The number of ether oxygens (including phenoxy) is 1. The lowest BCUT2D eigenvalue weighted by atomic mass is 10.1. The molecule has 11 heteroatoms. The average molecular weight is 424 g/mol. The molecule has 0 amide bonds. The van der Waals surface area contributed by atoms with Crippen molar-refractivity contribution in [3.05, 3.63) is 60.4 Å². The number of hydrogen-bond acceptors (Lipinski definition) is 6. The molecule has 0 aliphatic carbocycles. The standard InChI is InChI=1S/C18H15F3N4O3S/c19-18(20,21)28-15-7-2-1-6-14(15)16-22-11-23-17(25-16)24-13-5-3-4-12(10-13)8-9-29(26)27/h1-7,10-11H,8-9H2,(H,26,27)(H,22,23,24,25). The number of aryl methyl sites for hydroxylation is 1. The van der Waals surface area contributed by atoms with Gasteiger partial charge in [0.25, 0.3) is 0 Å². The van der Waals surface area contributed by atoms with Gasteiger partial charge in [-0.05, 0) is 36.2 Å². The second kappa shape index (κ2) is 8.97. The second-order valence-electron chi connectivity index (χ2n) is 5.78. The lowest BCUT2D eigenvalue weighted by Crippen LogP contribution is -2.17. The highest BCUT2D eigenvalue weighted by Gasteiger charge is 2.32. The number of hydrogen-bond donors (Lipinski definition) is 2.